The molecule has 1 N–H and O–H groups in total. The first-order valence-electron chi connectivity index (χ1n) is 9.87. The highest BCUT2D eigenvalue weighted by Crippen LogP contribution is 2.29. The van der Waals surface area contributed by atoms with Gasteiger partial charge in [0, 0.05) is 0 Å². The third-order valence-electron chi connectivity index (χ3n) is 4.21. The molecule has 0 aliphatic rings. The highest BCUT2D eigenvalue weighted by Gasteiger charge is 2.13. The number of nitrogens with one attached hydrogen (secondary N) is 1. The zero-order chi connectivity index (χ0) is 22.8. The summed E-state index contributed by atoms with van der Waals surface area (Å²) in [7, 11) is 1.52. The van der Waals surface area contributed by atoms with Crippen LogP contribution in [0.5, 0.6) is 17.2 Å². The Labute approximate surface area is 190 Å². The molecular formula is C23H22N4O4S. The molecule has 0 bridgehead atoms. The summed E-state index contributed by atoms with van der Waals surface area (Å²) in [5.74, 6) is 1.23. The monoisotopic (exact) mass is 450 g/mol. The number of methoxy groups -OCH3 is 1. The molecule has 3 aromatic rings. The van der Waals surface area contributed by atoms with E-state index < -0.39 is 5.91 Å². The van der Waals surface area contributed by atoms with Crippen molar-refractivity contribution in [1.29, 1.82) is 5.26 Å². The second-order valence-corrected chi connectivity index (χ2v) is 7.46. The number of aryl methyl sites for hydroxylation is 1. The van der Waals surface area contributed by atoms with Crippen LogP contribution in [-0.4, -0.2) is 36.4 Å². The van der Waals surface area contributed by atoms with Crippen molar-refractivity contribution >= 4 is 28.5 Å². The van der Waals surface area contributed by atoms with Crippen LogP contribution in [0.25, 0.3) is 6.08 Å². The number of rotatable bonds is 10. The quantitative estimate of drug-likeness (QED) is 0.281. The summed E-state index contributed by atoms with van der Waals surface area (Å²) in [5.41, 5.74) is 0.554. The molecule has 0 saturated heterocycles. The minimum atomic E-state index is -0.552. The summed E-state index contributed by atoms with van der Waals surface area (Å²) < 4.78 is 16.8. The molecule has 0 atom stereocenters. The zero-order valence-corrected chi connectivity index (χ0v) is 18.5. The number of aromatic nitrogens is 2. The molecule has 3 rings (SSSR count). The summed E-state index contributed by atoms with van der Waals surface area (Å²) in [6.45, 7) is 2.65. The number of anilines is 1. The van der Waals surface area contributed by atoms with Crippen molar-refractivity contribution in [3.63, 3.8) is 0 Å². The Morgan fingerprint density at radius 1 is 1.12 bits per heavy atom. The van der Waals surface area contributed by atoms with Crippen LogP contribution in [0.1, 0.15) is 17.5 Å². The lowest BCUT2D eigenvalue weighted by Crippen LogP contribution is -2.13. The number of para-hydroxylation sites is 1. The maximum Gasteiger partial charge on any atom is 0.268 e. The van der Waals surface area contributed by atoms with E-state index in [1.54, 1.807) is 18.2 Å². The summed E-state index contributed by atoms with van der Waals surface area (Å²) in [6.07, 6.45) is 2.20. The lowest BCUT2D eigenvalue weighted by Gasteiger charge is -2.12. The smallest absolute Gasteiger partial charge is 0.268 e. The maximum atomic E-state index is 12.4. The molecular weight excluding hydrogens is 428 g/mol. The van der Waals surface area contributed by atoms with Crippen molar-refractivity contribution < 1.29 is 19.0 Å². The van der Waals surface area contributed by atoms with Crippen LogP contribution in [0, 0.1) is 11.3 Å². The third-order valence-corrected chi connectivity index (χ3v) is 5.19. The van der Waals surface area contributed by atoms with E-state index in [0.717, 1.165) is 17.2 Å². The number of hydrogen-bond donors (Lipinski definition) is 1. The molecule has 0 spiro atoms. The van der Waals surface area contributed by atoms with E-state index in [4.69, 9.17) is 14.2 Å². The Hall–Kier alpha value is -3.90. The molecule has 1 amide bonds. The average Bonchev–Trinajstić information content (AvgIpc) is 3.28. The van der Waals surface area contributed by atoms with Crippen LogP contribution in [-0.2, 0) is 11.2 Å². The van der Waals surface area contributed by atoms with Gasteiger partial charge in [-0.1, -0.05) is 42.5 Å². The topological polar surface area (TPSA) is 106 Å². The minimum Gasteiger partial charge on any atom is -0.493 e. The van der Waals surface area contributed by atoms with Crippen molar-refractivity contribution in [3.05, 3.63) is 64.7 Å². The molecule has 8 nitrogen and oxygen atoms in total. The van der Waals surface area contributed by atoms with Crippen LogP contribution < -0.4 is 19.5 Å². The van der Waals surface area contributed by atoms with Gasteiger partial charge in [-0.25, -0.2) is 0 Å². The molecule has 0 aliphatic heterocycles. The van der Waals surface area contributed by atoms with Crippen LogP contribution in [0.15, 0.2) is 54.1 Å². The van der Waals surface area contributed by atoms with Crippen molar-refractivity contribution in [2.75, 3.05) is 25.6 Å². The number of nitrogens with zero attached hydrogens (tertiary/aromatic N) is 3. The lowest BCUT2D eigenvalue weighted by atomic mass is 10.1. The fourth-order valence-corrected chi connectivity index (χ4v) is 3.32. The summed E-state index contributed by atoms with van der Waals surface area (Å²) in [4.78, 5) is 12.4. The number of ether oxygens (including phenoxy) is 3. The molecule has 164 valence electrons. The molecule has 0 fully saturated rings. The predicted octanol–water partition coefficient (Wildman–Crippen LogP) is 4.11. The summed E-state index contributed by atoms with van der Waals surface area (Å²) >= 11 is 1.27. The van der Waals surface area contributed by atoms with Gasteiger partial charge in [0.15, 0.2) is 11.5 Å². The van der Waals surface area contributed by atoms with E-state index in [9.17, 15) is 10.1 Å². The SMILES string of the molecule is CCc1nnc(NC(=O)C(C#N)=Cc2ccc(OCCOc3ccccc3)c(OC)c2)s1. The van der Waals surface area contributed by atoms with Gasteiger partial charge < -0.3 is 14.2 Å². The van der Waals surface area contributed by atoms with Gasteiger partial charge in [-0.15, -0.1) is 10.2 Å². The number of hydrogen-bond acceptors (Lipinski definition) is 8. The molecule has 0 aliphatic carbocycles. The van der Waals surface area contributed by atoms with Crippen LogP contribution in [0.4, 0.5) is 5.13 Å². The molecule has 0 unspecified atom stereocenters. The van der Waals surface area contributed by atoms with Gasteiger partial charge in [0.2, 0.25) is 5.13 Å². The average molecular weight is 451 g/mol. The van der Waals surface area contributed by atoms with Gasteiger partial charge in [-0.05, 0) is 42.3 Å². The zero-order valence-electron chi connectivity index (χ0n) is 17.7. The molecule has 0 saturated carbocycles. The highest BCUT2D eigenvalue weighted by atomic mass is 32.1. The maximum absolute atomic E-state index is 12.4. The van der Waals surface area contributed by atoms with Crippen molar-refractivity contribution in [2.24, 2.45) is 0 Å². The van der Waals surface area contributed by atoms with Crippen molar-refractivity contribution in [3.8, 4) is 23.3 Å². The second kappa shape index (κ2) is 11.5. The van der Waals surface area contributed by atoms with E-state index in [2.05, 4.69) is 15.5 Å². The summed E-state index contributed by atoms with van der Waals surface area (Å²) in [6, 6.07) is 16.5. The van der Waals surface area contributed by atoms with Crippen molar-refractivity contribution in [1.82, 2.24) is 10.2 Å². The van der Waals surface area contributed by atoms with Gasteiger partial charge in [-0.2, -0.15) is 5.26 Å². The van der Waals surface area contributed by atoms with Crippen LogP contribution >= 0.6 is 11.3 Å². The molecule has 1 aromatic heterocycles. The Morgan fingerprint density at radius 2 is 1.91 bits per heavy atom. The van der Waals surface area contributed by atoms with Crippen molar-refractivity contribution in [2.45, 2.75) is 13.3 Å². The van der Waals surface area contributed by atoms with E-state index in [-0.39, 0.29) is 5.57 Å². The lowest BCUT2D eigenvalue weighted by molar-refractivity contribution is -0.112. The van der Waals surface area contributed by atoms with E-state index in [0.29, 0.717) is 35.4 Å². The first-order chi connectivity index (χ1) is 15.6. The number of nitriles is 1. The van der Waals surface area contributed by atoms with Crippen LogP contribution in [0.2, 0.25) is 0 Å². The first kappa shape index (κ1) is 22.8. The Morgan fingerprint density at radius 3 is 2.59 bits per heavy atom. The normalized spacial score (nSPS) is 10.8. The molecule has 0 radical (unpaired) electrons. The molecule has 9 heteroatoms. The minimum absolute atomic E-state index is 0.0646. The van der Waals surface area contributed by atoms with E-state index in [1.165, 1.54) is 24.5 Å². The fourth-order valence-electron chi connectivity index (χ4n) is 2.65. The first-order valence-corrected chi connectivity index (χ1v) is 10.7. The fraction of sp³-hybridized carbons (Fsp3) is 0.217. The highest BCUT2D eigenvalue weighted by molar-refractivity contribution is 7.15. The van der Waals surface area contributed by atoms with Gasteiger partial charge in [0.05, 0.1) is 7.11 Å². The third kappa shape index (κ3) is 6.30. The Bertz CT molecular complexity index is 1120. The Balaban J connectivity index is 1.63. The second-order valence-electron chi connectivity index (χ2n) is 6.40. The van der Waals surface area contributed by atoms with Gasteiger partial charge in [-0.3, -0.25) is 10.1 Å². The number of carbonyl (C=O) groups is 1. The van der Waals surface area contributed by atoms with Gasteiger partial charge in [0.25, 0.3) is 5.91 Å². The standard InChI is InChI=1S/C23H22N4O4S/c1-3-21-26-27-23(32-21)25-22(28)17(15-24)13-16-9-10-19(20(14-16)29-2)31-12-11-30-18-7-5-4-6-8-18/h4-10,13-14H,3,11-12H2,1-2H3,(H,25,27,28). The molecule has 2 aromatic carbocycles. The molecule has 1 heterocycles. The van der Waals surface area contributed by atoms with E-state index >= 15 is 0 Å². The molecule has 32 heavy (non-hydrogen) atoms. The van der Waals surface area contributed by atoms with E-state index in [1.807, 2.05) is 43.3 Å². The number of amides is 1. The Kier molecular flexibility index (Phi) is 8.17. The largest absolute Gasteiger partial charge is 0.493 e. The summed E-state index contributed by atoms with van der Waals surface area (Å²) in [5, 5.41) is 21.0. The predicted molar refractivity (Wildman–Crippen MR) is 122 cm³/mol. The van der Waals surface area contributed by atoms with Gasteiger partial charge in [0.1, 0.15) is 35.6 Å². The number of benzene rings is 2. The van der Waals surface area contributed by atoms with Crippen LogP contribution in [0.3, 0.4) is 0 Å². The van der Waals surface area contributed by atoms with Gasteiger partial charge >= 0.3 is 0 Å². The number of carbonyl (C=O) groups excluding carboxylic acids is 1.